The second-order valence-corrected chi connectivity index (χ2v) is 7.98. The lowest BCUT2D eigenvalue weighted by Crippen LogP contribution is -2.44. The van der Waals surface area contributed by atoms with Crippen LogP contribution < -0.4 is 5.32 Å². The smallest absolute Gasteiger partial charge is 0.243 e. The van der Waals surface area contributed by atoms with E-state index in [9.17, 15) is 4.79 Å². The Morgan fingerprint density at radius 3 is 2.93 bits per heavy atom. The summed E-state index contributed by atoms with van der Waals surface area (Å²) in [5, 5.41) is 9.24. The number of nitrogens with one attached hydrogen (secondary N) is 1. The van der Waals surface area contributed by atoms with Crippen molar-refractivity contribution in [2.24, 2.45) is 4.99 Å². The Hall–Kier alpha value is -1.88. The molecule has 0 aliphatic carbocycles. The lowest BCUT2D eigenvalue weighted by Gasteiger charge is -2.24. The number of fused-ring (bicyclic) bond motifs is 1. The van der Waals surface area contributed by atoms with E-state index in [4.69, 9.17) is 4.74 Å². The van der Waals surface area contributed by atoms with Gasteiger partial charge in [-0.25, -0.2) is 4.99 Å². The van der Waals surface area contributed by atoms with Crippen molar-refractivity contribution in [3.63, 3.8) is 0 Å². The van der Waals surface area contributed by atoms with Crippen molar-refractivity contribution in [1.29, 1.82) is 0 Å². The monoisotopic (exact) mass is 526 g/mol. The first-order chi connectivity index (χ1) is 14.1. The van der Waals surface area contributed by atoms with Crippen LogP contribution in [0.3, 0.4) is 0 Å². The van der Waals surface area contributed by atoms with Crippen LogP contribution in [0.2, 0.25) is 0 Å². The molecule has 3 heterocycles. The fraction of sp³-hybridized carbons (Fsp3) is 0.571. The van der Waals surface area contributed by atoms with Crippen LogP contribution in [0.1, 0.15) is 25.3 Å². The van der Waals surface area contributed by atoms with Crippen LogP contribution in [0, 0.1) is 0 Å². The van der Waals surface area contributed by atoms with Gasteiger partial charge in [-0.1, -0.05) is 18.2 Å². The van der Waals surface area contributed by atoms with E-state index in [0.29, 0.717) is 0 Å². The van der Waals surface area contributed by atoms with Gasteiger partial charge in [-0.15, -0.1) is 24.0 Å². The van der Waals surface area contributed by atoms with Crippen molar-refractivity contribution in [2.75, 3.05) is 46.9 Å². The molecule has 0 saturated carbocycles. The molecule has 30 heavy (non-hydrogen) atoms. The van der Waals surface area contributed by atoms with Gasteiger partial charge in [-0.05, 0) is 25.3 Å². The highest BCUT2D eigenvalue weighted by molar-refractivity contribution is 14.0. The Labute approximate surface area is 194 Å². The number of guanidine groups is 1. The normalized spacial score (nSPS) is 21.7. The molecule has 1 aromatic carbocycles. The number of para-hydroxylation sites is 1. The van der Waals surface area contributed by atoms with Gasteiger partial charge < -0.3 is 19.9 Å². The van der Waals surface area contributed by atoms with Gasteiger partial charge in [0.05, 0.1) is 23.9 Å². The van der Waals surface area contributed by atoms with Gasteiger partial charge >= 0.3 is 0 Å². The minimum atomic E-state index is -0.00441. The van der Waals surface area contributed by atoms with E-state index < -0.39 is 0 Å². The predicted molar refractivity (Wildman–Crippen MR) is 128 cm³/mol. The molecule has 2 aliphatic rings. The average Bonchev–Trinajstić information content (AvgIpc) is 3.47. The number of aliphatic imine (C=N–C) groups is 1. The van der Waals surface area contributed by atoms with E-state index in [0.717, 1.165) is 62.4 Å². The predicted octanol–water partition coefficient (Wildman–Crippen LogP) is 2.11. The van der Waals surface area contributed by atoms with Crippen LogP contribution in [0.15, 0.2) is 35.5 Å². The number of rotatable bonds is 5. The van der Waals surface area contributed by atoms with Gasteiger partial charge in [-0.3, -0.25) is 9.48 Å². The molecule has 4 rings (SSSR count). The van der Waals surface area contributed by atoms with E-state index in [-0.39, 0.29) is 48.6 Å². The number of carbonyl (C=O) groups excluding carboxylic acids is 1. The average molecular weight is 526 g/mol. The molecular formula is C21H31IN6O2. The summed E-state index contributed by atoms with van der Waals surface area (Å²) in [6.07, 6.45) is 5.32. The van der Waals surface area contributed by atoms with Crippen molar-refractivity contribution in [2.45, 2.75) is 31.4 Å². The second-order valence-electron chi connectivity index (χ2n) is 7.98. The van der Waals surface area contributed by atoms with Gasteiger partial charge in [0.25, 0.3) is 0 Å². The number of hydrogen-bond donors (Lipinski definition) is 1. The zero-order valence-electron chi connectivity index (χ0n) is 17.7. The van der Waals surface area contributed by atoms with Crippen LogP contribution in [0.5, 0.6) is 0 Å². The van der Waals surface area contributed by atoms with Crippen LogP contribution in [-0.2, 0) is 9.53 Å². The fourth-order valence-electron chi connectivity index (χ4n) is 3.98. The molecule has 1 amide bonds. The Morgan fingerprint density at radius 2 is 2.17 bits per heavy atom. The number of ether oxygens (including phenoxy) is 1. The van der Waals surface area contributed by atoms with Crippen LogP contribution >= 0.6 is 24.0 Å². The first-order valence-electron chi connectivity index (χ1n) is 10.4. The number of likely N-dealkylation sites (N-methyl/N-ethyl adjacent to an activating group) is 1. The first-order valence-corrected chi connectivity index (χ1v) is 10.4. The van der Waals surface area contributed by atoms with Gasteiger partial charge in [-0.2, -0.15) is 5.10 Å². The summed E-state index contributed by atoms with van der Waals surface area (Å²) in [7, 11) is 3.51. The maximum atomic E-state index is 12.1. The number of hydrogen-bond acceptors (Lipinski definition) is 4. The summed E-state index contributed by atoms with van der Waals surface area (Å²) in [5.74, 6) is 0.782. The maximum Gasteiger partial charge on any atom is 0.243 e. The number of benzene rings is 1. The summed E-state index contributed by atoms with van der Waals surface area (Å²) in [4.78, 5) is 20.5. The largest absolute Gasteiger partial charge is 0.376 e. The molecule has 0 spiro atoms. The molecule has 8 nitrogen and oxygen atoms in total. The van der Waals surface area contributed by atoms with E-state index in [1.807, 2.05) is 12.3 Å². The highest BCUT2D eigenvalue weighted by atomic mass is 127. The summed E-state index contributed by atoms with van der Waals surface area (Å²) in [6.45, 7) is 3.40. The van der Waals surface area contributed by atoms with E-state index in [2.05, 4.69) is 43.2 Å². The van der Waals surface area contributed by atoms with Crippen LogP contribution in [0.25, 0.3) is 10.9 Å². The molecule has 2 aliphatic heterocycles. The van der Waals surface area contributed by atoms with Gasteiger partial charge in [0.15, 0.2) is 5.96 Å². The molecule has 2 atom stereocenters. The Morgan fingerprint density at radius 1 is 1.33 bits per heavy atom. The summed E-state index contributed by atoms with van der Waals surface area (Å²) >= 11 is 0. The quantitative estimate of drug-likeness (QED) is 0.367. The molecule has 2 unspecified atom stereocenters. The number of aromatic nitrogens is 2. The summed E-state index contributed by atoms with van der Waals surface area (Å²) in [5.41, 5.74) is 1.16. The van der Waals surface area contributed by atoms with E-state index in [1.165, 1.54) is 0 Å². The molecular weight excluding hydrogens is 495 g/mol. The third kappa shape index (κ3) is 5.23. The van der Waals surface area contributed by atoms with Crippen molar-refractivity contribution in [3.8, 4) is 0 Å². The molecule has 1 N–H and O–H groups in total. The summed E-state index contributed by atoms with van der Waals surface area (Å²) in [6, 6.07) is 8.58. The third-order valence-corrected chi connectivity index (χ3v) is 5.69. The Bertz CT molecular complexity index is 877. The highest BCUT2D eigenvalue weighted by Gasteiger charge is 2.28. The fourth-order valence-corrected chi connectivity index (χ4v) is 3.98. The molecule has 2 saturated heterocycles. The first kappa shape index (κ1) is 22.8. The number of carbonyl (C=O) groups is 1. The standard InChI is InChI=1S/C21H30N6O2.HI/c1-25(2)20(28)14-23-21(22-13-18-7-5-11-29-18)26-10-9-17(15-26)27-19-8-4-3-6-16(19)12-24-27;/h3-4,6,8,12,17-18H,5,7,9-11,13-15H2,1-2H3,(H,22,23);1H. The molecule has 2 aromatic rings. The highest BCUT2D eigenvalue weighted by Crippen LogP contribution is 2.25. The molecule has 164 valence electrons. The topological polar surface area (TPSA) is 75.0 Å². The van der Waals surface area contributed by atoms with Crippen molar-refractivity contribution >= 4 is 46.7 Å². The molecule has 0 bridgehead atoms. The van der Waals surface area contributed by atoms with Crippen molar-refractivity contribution in [3.05, 3.63) is 30.5 Å². The molecule has 0 radical (unpaired) electrons. The van der Waals surface area contributed by atoms with E-state index >= 15 is 0 Å². The van der Waals surface area contributed by atoms with Crippen molar-refractivity contribution in [1.82, 2.24) is 24.9 Å². The number of halogens is 1. The molecule has 9 heteroatoms. The zero-order valence-corrected chi connectivity index (χ0v) is 20.0. The summed E-state index contributed by atoms with van der Waals surface area (Å²) < 4.78 is 7.86. The molecule has 2 fully saturated rings. The molecule has 1 aromatic heterocycles. The SMILES string of the molecule is CN(C)C(=O)CN=C(NCC1CCCO1)N1CCC(n2ncc3ccccc32)C1.I. The minimum absolute atomic E-state index is 0. The lowest BCUT2D eigenvalue weighted by molar-refractivity contribution is -0.127. The minimum Gasteiger partial charge on any atom is -0.376 e. The number of likely N-dealkylation sites (tertiary alicyclic amines) is 1. The number of nitrogens with zero attached hydrogens (tertiary/aromatic N) is 5. The lowest BCUT2D eigenvalue weighted by atomic mass is 10.2. The van der Waals surface area contributed by atoms with Gasteiger partial charge in [0.2, 0.25) is 5.91 Å². The Balaban J connectivity index is 0.00000256. The van der Waals surface area contributed by atoms with Gasteiger partial charge in [0.1, 0.15) is 6.54 Å². The van der Waals surface area contributed by atoms with Gasteiger partial charge in [0, 0.05) is 45.7 Å². The number of amides is 1. The van der Waals surface area contributed by atoms with Crippen molar-refractivity contribution < 1.29 is 9.53 Å². The van der Waals surface area contributed by atoms with E-state index in [1.54, 1.807) is 19.0 Å². The van der Waals surface area contributed by atoms with Crippen LogP contribution in [0.4, 0.5) is 0 Å². The van der Waals surface area contributed by atoms with Crippen LogP contribution in [-0.4, -0.2) is 84.4 Å². The third-order valence-electron chi connectivity index (χ3n) is 5.69. The maximum absolute atomic E-state index is 12.1. The second kappa shape index (κ2) is 10.4. The zero-order chi connectivity index (χ0) is 20.2. The Kier molecular flexibility index (Phi) is 7.93.